The molecule has 2 aromatic heterocycles. The lowest BCUT2D eigenvalue weighted by atomic mass is 10.4. The molecule has 0 radical (unpaired) electrons. The molecule has 0 aromatic carbocycles. The first kappa shape index (κ1) is 15.8. The Bertz CT molecular complexity index is 661. The molecular formula is C11H18N5O4P. The second-order valence-corrected chi connectivity index (χ2v) is 6.28. The van der Waals surface area contributed by atoms with Gasteiger partial charge in [0, 0.05) is 0 Å². The fourth-order valence-electron chi connectivity index (χ4n) is 1.82. The number of nitrogen functional groups attached to an aromatic ring is 1. The van der Waals surface area contributed by atoms with Gasteiger partial charge in [-0.15, -0.1) is 0 Å². The van der Waals surface area contributed by atoms with Gasteiger partial charge in [0.05, 0.1) is 25.6 Å². The van der Waals surface area contributed by atoms with Crippen molar-refractivity contribution in [2.24, 2.45) is 0 Å². The summed E-state index contributed by atoms with van der Waals surface area (Å²) in [5, 5.41) is 0. The second-order valence-electron chi connectivity index (χ2n) is 4.49. The SMILES string of the molecule is CCOP(=O)(O)CO[C@@H](C)Cn1cnc2c(N)ncnc21. The van der Waals surface area contributed by atoms with E-state index in [0.29, 0.717) is 23.5 Å². The van der Waals surface area contributed by atoms with Crippen molar-refractivity contribution in [3.63, 3.8) is 0 Å². The number of imidazole rings is 1. The summed E-state index contributed by atoms with van der Waals surface area (Å²) in [6.45, 7) is 4.00. The standard InChI is InChI=1S/C11H18N5O4P/c1-3-20-21(17,18)7-19-8(2)4-16-6-15-9-10(12)13-5-14-11(9)16/h5-6,8H,3-4,7H2,1-2H3,(H,17,18)(H2,12,13,14)/t8-/m0/s1. The average Bonchev–Trinajstić information content (AvgIpc) is 2.81. The van der Waals surface area contributed by atoms with Crippen molar-refractivity contribution in [2.45, 2.75) is 26.5 Å². The summed E-state index contributed by atoms with van der Waals surface area (Å²) >= 11 is 0. The average molecular weight is 315 g/mol. The molecule has 0 aliphatic rings. The van der Waals surface area contributed by atoms with E-state index in [9.17, 15) is 9.46 Å². The largest absolute Gasteiger partial charge is 0.382 e. The van der Waals surface area contributed by atoms with Crippen LogP contribution in [0.4, 0.5) is 5.82 Å². The van der Waals surface area contributed by atoms with Crippen LogP contribution in [0, 0.1) is 0 Å². The number of fused-ring (bicyclic) bond motifs is 1. The van der Waals surface area contributed by atoms with Crippen LogP contribution in [0.3, 0.4) is 0 Å². The first-order valence-corrected chi connectivity index (χ1v) is 8.18. The number of nitrogens with two attached hydrogens (primary N) is 1. The van der Waals surface area contributed by atoms with Gasteiger partial charge in [0.2, 0.25) is 0 Å². The highest BCUT2D eigenvalue weighted by molar-refractivity contribution is 7.52. The van der Waals surface area contributed by atoms with E-state index in [-0.39, 0.29) is 19.1 Å². The van der Waals surface area contributed by atoms with Gasteiger partial charge in [-0.3, -0.25) is 4.57 Å². The maximum atomic E-state index is 11.5. The summed E-state index contributed by atoms with van der Waals surface area (Å²) < 4.78 is 23.4. The zero-order valence-electron chi connectivity index (χ0n) is 11.8. The van der Waals surface area contributed by atoms with E-state index in [2.05, 4.69) is 15.0 Å². The van der Waals surface area contributed by atoms with Crippen LogP contribution < -0.4 is 5.73 Å². The van der Waals surface area contributed by atoms with Crippen molar-refractivity contribution in [1.82, 2.24) is 19.5 Å². The highest BCUT2D eigenvalue weighted by Gasteiger charge is 2.20. The summed E-state index contributed by atoms with van der Waals surface area (Å²) in [4.78, 5) is 21.6. The maximum Gasteiger partial charge on any atom is 0.353 e. The third-order valence-electron chi connectivity index (χ3n) is 2.74. The Hall–Kier alpha value is -1.54. The van der Waals surface area contributed by atoms with Crippen molar-refractivity contribution in [3.8, 4) is 0 Å². The Morgan fingerprint density at radius 3 is 2.95 bits per heavy atom. The molecule has 0 saturated heterocycles. The highest BCUT2D eigenvalue weighted by Crippen LogP contribution is 2.41. The number of hydrogen-bond donors (Lipinski definition) is 2. The summed E-state index contributed by atoms with van der Waals surface area (Å²) in [6, 6.07) is 0. The Morgan fingerprint density at radius 2 is 2.24 bits per heavy atom. The minimum Gasteiger partial charge on any atom is -0.382 e. The third kappa shape index (κ3) is 3.98. The molecule has 116 valence electrons. The maximum absolute atomic E-state index is 11.5. The van der Waals surface area contributed by atoms with Gasteiger partial charge in [0.1, 0.15) is 18.2 Å². The second kappa shape index (κ2) is 6.48. The first-order valence-electron chi connectivity index (χ1n) is 6.42. The Morgan fingerprint density at radius 1 is 1.48 bits per heavy atom. The normalized spacial score (nSPS) is 16.0. The zero-order chi connectivity index (χ0) is 15.5. The van der Waals surface area contributed by atoms with Gasteiger partial charge in [-0.05, 0) is 13.8 Å². The van der Waals surface area contributed by atoms with Gasteiger partial charge >= 0.3 is 7.60 Å². The smallest absolute Gasteiger partial charge is 0.353 e. The van der Waals surface area contributed by atoms with Crippen LogP contribution in [0.2, 0.25) is 0 Å². The van der Waals surface area contributed by atoms with Crippen LogP contribution in [0.5, 0.6) is 0 Å². The summed E-state index contributed by atoms with van der Waals surface area (Å²) in [6.07, 6.45) is 2.26. The van der Waals surface area contributed by atoms with Crippen LogP contribution in [0.15, 0.2) is 12.7 Å². The molecule has 0 saturated carbocycles. The van der Waals surface area contributed by atoms with Crippen LogP contribution >= 0.6 is 7.60 Å². The number of ether oxygens (including phenoxy) is 1. The summed E-state index contributed by atoms with van der Waals surface area (Å²) in [5.41, 5.74) is 6.82. The molecule has 3 N–H and O–H groups in total. The molecule has 0 aliphatic heterocycles. The van der Waals surface area contributed by atoms with Gasteiger partial charge in [-0.2, -0.15) is 0 Å². The predicted octanol–water partition coefficient (Wildman–Crippen LogP) is 0.993. The lowest BCUT2D eigenvalue weighted by molar-refractivity contribution is 0.0723. The molecule has 2 rings (SSSR count). The molecular weight excluding hydrogens is 297 g/mol. The topological polar surface area (TPSA) is 125 Å². The minimum absolute atomic E-state index is 0.161. The number of rotatable bonds is 7. The van der Waals surface area contributed by atoms with Gasteiger partial charge in [-0.1, -0.05) is 0 Å². The van der Waals surface area contributed by atoms with E-state index in [1.165, 1.54) is 6.33 Å². The van der Waals surface area contributed by atoms with Crippen LogP contribution in [0.25, 0.3) is 11.2 Å². The summed E-state index contributed by atoms with van der Waals surface area (Å²) in [5.74, 6) is 0.309. The molecule has 21 heavy (non-hydrogen) atoms. The zero-order valence-corrected chi connectivity index (χ0v) is 12.7. The van der Waals surface area contributed by atoms with Crippen molar-refractivity contribution in [1.29, 1.82) is 0 Å². The Balaban J connectivity index is 2.00. The third-order valence-corrected chi connectivity index (χ3v) is 3.87. The monoisotopic (exact) mass is 315 g/mol. The quantitative estimate of drug-likeness (QED) is 0.725. The molecule has 0 aliphatic carbocycles. The molecule has 0 spiro atoms. The molecule has 1 unspecified atom stereocenters. The number of anilines is 1. The van der Waals surface area contributed by atoms with Crippen molar-refractivity contribution in [3.05, 3.63) is 12.7 Å². The number of aromatic nitrogens is 4. The molecule has 2 aromatic rings. The predicted molar refractivity (Wildman–Crippen MR) is 76.6 cm³/mol. The molecule has 10 heteroatoms. The van der Waals surface area contributed by atoms with Gasteiger partial charge in [-0.25, -0.2) is 15.0 Å². The minimum atomic E-state index is -3.69. The van der Waals surface area contributed by atoms with Crippen molar-refractivity contribution >= 4 is 24.6 Å². The number of hydrogen-bond acceptors (Lipinski definition) is 7. The molecule has 2 heterocycles. The van der Waals surface area contributed by atoms with Crippen LogP contribution in [-0.2, 0) is 20.4 Å². The Labute approximate surface area is 121 Å². The Kier molecular flexibility index (Phi) is 4.89. The fourth-order valence-corrected chi connectivity index (χ4v) is 2.74. The molecule has 0 fully saturated rings. The number of nitrogens with zero attached hydrogens (tertiary/aromatic N) is 4. The highest BCUT2D eigenvalue weighted by atomic mass is 31.2. The van der Waals surface area contributed by atoms with Gasteiger partial charge < -0.3 is 24.5 Å². The van der Waals surface area contributed by atoms with E-state index < -0.39 is 7.60 Å². The summed E-state index contributed by atoms with van der Waals surface area (Å²) in [7, 11) is -3.69. The van der Waals surface area contributed by atoms with Crippen molar-refractivity contribution < 1.29 is 18.7 Å². The van der Waals surface area contributed by atoms with E-state index in [4.69, 9.17) is 15.0 Å². The van der Waals surface area contributed by atoms with E-state index >= 15 is 0 Å². The lowest BCUT2D eigenvalue weighted by Gasteiger charge is -2.16. The van der Waals surface area contributed by atoms with Crippen LogP contribution in [-0.4, -0.2) is 43.5 Å². The van der Waals surface area contributed by atoms with Crippen molar-refractivity contribution in [2.75, 3.05) is 18.7 Å². The molecule has 2 atom stereocenters. The first-order chi connectivity index (χ1) is 9.93. The molecule has 0 amide bonds. The van der Waals surface area contributed by atoms with Crippen LogP contribution in [0.1, 0.15) is 13.8 Å². The fraction of sp³-hybridized carbons (Fsp3) is 0.545. The lowest BCUT2D eigenvalue weighted by Crippen LogP contribution is -2.17. The molecule has 0 bridgehead atoms. The molecule has 9 nitrogen and oxygen atoms in total. The van der Waals surface area contributed by atoms with E-state index in [1.54, 1.807) is 24.7 Å². The van der Waals surface area contributed by atoms with E-state index in [0.717, 1.165) is 0 Å². The van der Waals surface area contributed by atoms with E-state index in [1.807, 2.05) is 0 Å². The van der Waals surface area contributed by atoms with Gasteiger partial charge in [0.25, 0.3) is 0 Å². The van der Waals surface area contributed by atoms with Gasteiger partial charge in [0.15, 0.2) is 11.5 Å².